The Balaban J connectivity index is 3.34. The van der Waals surface area contributed by atoms with Gasteiger partial charge in [0.05, 0.1) is 4.47 Å². The van der Waals surface area contributed by atoms with Crippen LogP contribution in [0.2, 0.25) is 0 Å². The van der Waals surface area contributed by atoms with E-state index in [1.807, 2.05) is 0 Å². The maximum atomic E-state index is 7.15. The van der Waals surface area contributed by atoms with Crippen molar-refractivity contribution in [3.63, 3.8) is 0 Å². The summed E-state index contributed by atoms with van der Waals surface area (Å²) < 4.78 is 2.52. The van der Waals surface area contributed by atoms with Crippen molar-refractivity contribution in [1.82, 2.24) is 9.55 Å². The highest BCUT2D eigenvalue weighted by molar-refractivity contribution is 9.10. The molecule has 0 fully saturated rings. The van der Waals surface area contributed by atoms with Gasteiger partial charge in [-0.05, 0) is 15.9 Å². The number of aryl methyl sites for hydroxylation is 1. The minimum absolute atomic E-state index is 0.262. The Morgan fingerprint density at radius 2 is 2.44 bits per heavy atom. The molecule has 3 nitrogen and oxygen atoms in total. The van der Waals surface area contributed by atoms with Crippen molar-refractivity contribution in [1.29, 1.82) is 5.41 Å². The first-order valence-corrected chi connectivity index (χ1v) is 3.22. The van der Waals surface area contributed by atoms with Crippen LogP contribution in [0.15, 0.2) is 16.9 Å². The Morgan fingerprint density at radius 1 is 1.78 bits per heavy atom. The van der Waals surface area contributed by atoms with Crippen molar-refractivity contribution in [2.75, 3.05) is 0 Å². The van der Waals surface area contributed by atoms with Crippen molar-refractivity contribution in [2.24, 2.45) is 7.05 Å². The zero-order valence-corrected chi connectivity index (χ0v) is 6.51. The number of rotatable bonds is 0. The lowest BCUT2D eigenvalue weighted by Crippen LogP contribution is -2.18. The monoisotopic (exact) mass is 187 g/mol. The predicted molar refractivity (Wildman–Crippen MR) is 36.8 cm³/mol. The standard InChI is InChI=1S/C5H6BrN3/c1-9-3-4(6)2-8-5(9)7/h2-3,7H,1H3. The van der Waals surface area contributed by atoms with E-state index in [1.165, 1.54) is 0 Å². The number of hydrogen-bond acceptors (Lipinski definition) is 2. The fourth-order valence-corrected chi connectivity index (χ4v) is 0.903. The molecule has 0 saturated heterocycles. The van der Waals surface area contributed by atoms with Gasteiger partial charge in [-0.3, -0.25) is 5.41 Å². The van der Waals surface area contributed by atoms with Crippen LogP contribution in [-0.4, -0.2) is 9.55 Å². The molecule has 1 heterocycles. The van der Waals surface area contributed by atoms with Gasteiger partial charge in [-0.15, -0.1) is 0 Å². The normalized spacial score (nSPS) is 9.56. The van der Waals surface area contributed by atoms with Crippen LogP contribution in [0.25, 0.3) is 0 Å². The highest BCUT2D eigenvalue weighted by Gasteiger charge is 1.86. The first kappa shape index (κ1) is 6.48. The Kier molecular flexibility index (Phi) is 1.66. The van der Waals surface area contributed by atoms with Gasteiger partial charge in [0.25, 0.3) is 0 Å². The zero-order valence-electron chi connectivity index (χ0n) is 4.93. The lowest BCUT2D eigenvalue weighted by atomic mass is 10.7. The van der Waals surface area contributed by atoms with Gasteiger partial charge in [-0.1, -0.05) is 0 Å². The molecule has 0 unspecified atom stereocenters. The molecular formula is C5H6BrN3. The molecule has 0 saturated carbocycles. The molecular weight excluding hydrogens is 182 g/mol. The van der Waals surface area contributed by atoms with Crippen LogP contribution in [0.1, 0.15) is 0 Å². The lowest BCUT2D eigenvalue weighted by molar-refractivity contribution is 0.757. The van der Waals surface area contributed by atoms with E-state index in [-0.39, 0.29) is 5.62 Å². The molecule has 1 aromatic heterocycles. The van der Waals surface area contributed by atoms with E-state index in [4.69, 9.17) is 5.41 Å². The van der Waals surface area contributed by atoms with Gasteiger partial charge < -0.3 is 4.57 Å². The van der Waals surface area contributed by atoms with Crippen LogP contribution in [0.4, 0.5) is 0 Å². The van der Waals surface area contributed by atoms with E-state index >= 15 is 0 Å². The van der Waals surface area contributed by atoms with Crippen molar-refractivity contribution in [3.8, 4) is 0 Å². The Bertz CT molecular complexity index is 265. The van der Waals surface area contributed by atoms with E-state index < -0.39 is 0 Å². The highest BCUT2D eigenvalue weighted by atomic mass is 79.9. The first-order valence-electron chi connectivity index (χ1n) is 2.43. The molecule has 1 rings (SSSR count). The zero-order chi connectivity index (χ0) is 6.85. The summed E-state index contributed by atoms with van der Waals surface area (Å²) in [6, 6.07) is 0. The van der Waals surface area contributed by atoms with E-state index in [2.05, 4.69) is 20.9 Å². The van der Waals surface area contributed by atoms with Crippen molar-refractivity contribution in [3.05, 3.63) is 22.5 Å². The minimum atomic E-state index is 0.262. The van der Waals surface area contributed by atoms with E-state index in [0.29, 0.717) is 0 Å². The minimum Gasteiger partial charge on any atom is -0.320 e. The molecule has 0 amide bonds. The molecule has 1 aromatic rings. The summed E-state index contributed by atoms with van der Waals surface area (Å²) >= 11 is 3.23. The summed E-state index contributed by atoms with van der Waals surface area (Å²) in [7, 11) is 1.78. The van der Waals surface area contributed by atoms with Crippen molar-refractivity contribution < 1.29 is 0 Å². The molecule has 1 N–H and O–H groups in total. The second-order valence-corrected chi connectivity index (χ2v) is 2.62. The van der Waals surface area contributed by atoms with Crippen LogP contribution >= 0.6 is 15.9 Å². The van der Waals surface area contributed by atoms with Gasteiger partial charge in [0, 0.05) is 19.4 Å². The van der Waals surface area contributed by atoms with Gasteiger partial charge in [0.1, 0.15) is 0 Å². The quantitative estimate of drug-likeness (QED) is 0.638. The Hall–Kier alpha value is -0.640. The second kappa shape index (κ2) is 2.31. The fraction of sp³-hybridized carbons (Fsp3) is 0.200. The maximum Gasteiger partial charge on any atom is 0.221 e. The molecule has 0 spiro atoms. The van der Waals surface area contributed by atoms with Gasteiger partial charge in [0.2, 0.25) is 5.62 Å². The number of aromatic nitrogens is 2. The third-order valence-corrected chi connectivity index (χ3v) is 1.37. The number of halogens is 1. The summed E-state index contributed by atoms with van der Waals surface area (Å²) in [5.74, 6) is 0. The molecule has 0 radical (unpaired) electrons. The van der Waals surface area contributed by atoms with E-state index in [0.717, 1.165) is 4.47 Å². The molecule has 4 heteroatoms. The largest absolute Gasteiger partial charge is 0.320 e. The second-order valence-electron chi connectivity index (χ2n) is 1.71. The third-order valence-electron chi connectivity index (χ3n) is 0.961. The third kappa shape index (κ3) is 1.38. The molecule has 0 aliphatic heterocycles. The molecule has 0 atom stereocenters. The van der Waals surface area contributed by atoms with Gasteiger partial charge in [0.15, 0.2) is 0 Å². The topological polar surface area (TPSA) is 41.7 Å². The summed E-state index contributed by atoms with van der Waals surface area (Å²) in [6.45, 7) is 0. The summed E-state index contributed by atoms with van der Waals surface area (Å²) in [5.41, 5.74) is 0.262. The van der Waals surface area contributed by atoms with Gasteiger partial charge >= 0.3 is 0 Å². The van der Waals surface area contributed by atoms with Crippen LogP contribution in [0.5, 0.6) is 0 Å². The fourth-order valence-electron chi connectivity index (χ4n) is 0.493. The van der Waals surface area contributed by atoms with Crippen molar-refractivity contribution >= 4 is 15.9 Å². The van der Waals surface area contributed by atoms with Crippen LogP contribution in [-0.2, 0) is 7.05 Å². The van der Waals surface area contributed by atoms with Crippen molar-refractivity contribution in [2.45, 2.75) is 0 Å². The average molecular weight is 188 g/mol. The molecule has 0 bridgehead atoms. The maximum absolute atomic E-state index is 7.15. The van der Waals surface area contributed by atoms with Gasteiger partial charge in [-0.2, -0.15) is 0 Å². The smallest absolute Gasteiger partial charge is 0.221 e. The molecule has 9 heavy (non-hydrogen) atoms. The van der Waals surface area contributed by atoms with Crippen LogP contribution in [0.3, 0.4) is 0 Å². The molecule has 0 aromatic carbocycles. The summed E-state index contributed by atoms with van der Waals surface area (Å²) in [5, 5.41) is 7.15. The lowest BCUT2D eigenvalue weighted by Gasteiger charge is -1.95. The van der Waals surface area contributed by atoms with E-state index in [1.54, 1.807) is 24.0 Å². The van der Waals surface area contributed by atoms with Gasteiger partial charge in [-0.25, -0.2) is 4.98 Å². The SMILES string of the molecule is Cn1cc(Br)cnc1=N. The average Bonchev–Trinajstić information content (AvgIpc) is 1.80. The first-order chi connectivity index (χ1) is 4.20. The summed E-state index contributed by atoms with van der Waals surface area (Å²) in [4.78, 5) is 3.76. The number of nitrogens with zero attached hydrogens (tertiary/aromatic N) is 2. The molecule has 48 valence electrons. The Labute approximate surface area is 61.0 Å². The van der Waals surface area contributed by atoms with Crippen LogP contribution in [0, 0.1) is 5.41 Å². The molecule has 0 aliphatic carbocycles. The van der Waals surface area contributed by atoms with E-state index in [9.17, 15) is 0 Å². The molecule has 0 aliphatic rings. The highest BCUT2D eigenvalue weighted by Crippen LogP contribution is 2.01. The number of hydrogen-bond donors (Lipinski definition) is 1. The summed E-state index contributed by atoms with van der Waals surface area (Å²) in [6.07, 6.45) is 3.39. The predicted octanol–water partition coefficient (Wildman–Crippen LogP) is 0.662. The Morgan fingerprint density at radius 3 is 2.89 bits per heavy atom. The number of nitrogens with one attached hydrogen (secondary N) is 1. The van der Waals surface area contributed by atoms with Crippen LogP contribution < -0.4 is 5.62 Å².